The third kappa shape index (κ3) is 3.33. The molecule has 0 aliphatic heterocycles. The van der Waals surface area contributed by atoms with Gasteiger partial charge in [-0.25, -0.2) is 9.55 Å². The monoisotopic (exact) mass is 441 g/mol. The summed E-state index contributed by atoms with van der Waals surface area (Å²) < 4.78 is 12.8. The fourth-order valence-electron chi connectivity index (χ4n) is 3.74. The maximum Gasteiger partial charge on any atom is 0.269 e. The van der Waals surface area contributed by atoms with E-state index in [2.05, 4.69) is 4.98 Å². The number of nitrogens with one attached hydrogen (secondary N) is 1. The van der Waals surface area contributed by atoms with Gasteiger partial charge in [-0.15, -0.1) is 0 Å². The maximum atomic E-state index is 13.8. The van der Waals surface area contributed by atoms with E-state index < -0.39 is 0 Å². The van der Waals surface area contributed by atoms with Crippen LogP contribution in [0.5, 0.6) is 5.75 Å². The number of aromatic amines is 1. The van der Waals surface area contributed by atoms with E-state index in [9.17, 15) is 4.79 Å². The van der Waals surface area contributed by atoms with Crippen LogP contribution in [0, 0.1) is 11.7 Å². The van der Waals surface area contributed by atoms with Gasteiger partial charge in [-0.1, -0.05) is 42.0 Å². The minimum atomic E-state index is -0.303. The zero-order valence-corrected chi connectivity index (χ0v) is 18.3. The lowest BCUT2D eigenvalue weighted by Crippen LogP contribution is -2.22. The Hall–Kier alpha value is -3.97. The summed E-state index contributed by atoms with van der Waals surface area (Å²) in [4.78, 5) is 21.6. The smallest absolute Gasteiger partial charge is 0.269 e. The number of H-pyrrole nitrogens is 1. The first-order valence-electron chi connectivity index (χ1n) is 10.0. The van der Waals surface area contributed by atoms with Crippen LogP contribution in [0.2, 0.25) is 0 Å². The number of nitrogens with zero attached hydrogens (tertiary/aromatic N) is 2. The molecule has 0 aliphatic carbocycles. The number of fused-ring (bicyclic) bond motifs is 1. The molecule has 32 heavy (non-hydrogen) atoms. The second-order valence-electron chi connectivity index (χ2n) is 7.36. The van der Waals surface area contributed by atoms with E-state index >= 15 is 0 Å². The fraction of sp³-hybridized carbons (Fsp3) is 0.0800. The van der Waals surface area contributed by atoms with Crippen LogP contribution in [0.15, 0.2) is 82.2 Å². The Balaban J connectivity index is 1.87. The topological polar surface area (TPSA) is 73.1 Å². The average molecular weight is 442 g/mol. The molecule has 3 aromatic heterocycles. The number of ether oxygens (including phenoxy) is 1. The third-order valence-corrected chi connectivity index (χ3v) is 5.61. The third-order valence-electron chi connectivity index (χ3n) is 5.32. The SMILES string of the molecule is COc1ccccc1-n1c(=S)[nH]c2nc(-c3ccc(C)cc3)cc(-c3ccco3)c2c1=O. The molecule has 0 bridgehead atoms. The minimum Gasteiger partial charge on any atom is -0.495 e. The largest absolute Gasteiger partial charge is 0.495 e. The summed E-state index contributed by atoms with van der Waals surface area (Å²) >= 11 is 5.57. The van der Waals surface area contributed by atoms with E-state index in [0.29, 0.717) is 39.5 Å². The molecule has 3 heterocycles. The molecule has 0 spiro atoms. The number of aryl methyl sites for hydroxylation is 1. The molecule has 0 saturated carbocycles. The van der Waals surface area contributed by atoms with Gasteiger partial charge < -0.3 is 14.1 Å². The second kappa shape index (κ2) is 7.94. The lowest BCUT2D eigenvalue weighted by molar-refractivity contribution is 0.412. The van der Waals surface area contributed by atoms with Crippen molar-refractivity contribution in [2.24, 2.45) is 0 Å². The van der Waals surface area contributed by atoms with Crippen molar-refractivity contribution >= 4 is 23.3 Å². The molecule has 1 N–H and O–H groups in total. The molecule has 0 saturated heterocycles. The molecule has 0 fully saturated rings. The molecule has 0 radical (unpaired) electrons. The van der Waals surface area contributed by atoms with Gasteiger partial charge in [0.15, 0.2) is 4.77 Å². The van der Waals surface area contributed by atoms with Gasteiger partial charge in [0.2, 0.25) is 0 Å². The first-order valence-corrected chi connectivity index (χ1v) is 10.4. The summed E-state index contributed by atoms with van der Waals surface area (Å²) in [6, 6.07) is 20.8. The van der Waals surface area contributed by atoms with Crippen LogP contribution >= 0.6 is 12.2 Å². The normalized spacial score (nSPS) is 11.1. The van der Waals surface area contributed by atoms with Gasteiger partial charge in [-0.2, -0.15) is 0 Å². The quantitative estimate of drug-likeness (QED) is 0.363. The van der Waals surface area contributed by atoms with E-state index in [1.807, 2.05) is 55.5 Å². The molecule has 158 valence electrons. The van der Waals surface area contributed by atoms with Crippen LogP contribution in [0.25, 0.3) is 39.3 Å². The van der Waals surface area contributed by atoms with Gasteiger partial charge in [-0.3, -0.25) is 4.79 Å². The Morgan fingerprint density at radius 3 is 2.56 bits per heavy atom. The molecule has 2 aromatic carbocycles. The van der Waals surface area contributed by atoms with E-state index in [-0.39, 0.29) is 10.3 Å². The van der Waals surface area contributed by atoms with E-state index in [0.717, 1.165) is 11.1 Å². The van der Waals surface area contributed by atoms with Crippen LogP contribution in [0.1, 0.15) is 5.56 Å². The number of aromatic nitrogens is 3. The van der Waals surface area contributed by atoms with Crippen molar-refractivity contribution in [2.75, 3.05) is 7.11 Å². The molecule has 0 aliphatic rings. The van der Waals surface area contributed by atoms with Crippen molar-refractivity contribution < 1.29 is 9.15 Å². The summed E-state index contributed by atoms with van der Waals surface area (Å²) in [5.41, 5.74) is 4.08. The predicted molar refractivity (Wildman–Crippen MR) is 127 cm³/mol. The highest BCUT2D eigenvalue weighted by Crippen LogP contribution is 2.31. The molecule has 7 heteroatoms. The summed E-state index contributed by atoms with van der Waals surface area (Å²) in [5, 5.41) is 0.385. The molecular formula is C25H19N3O3S. The number of para-hydroxylation sites is 2. The van der Waals surface area contributed by atoms with E-state index in [1.54, 1.807) is 31.6 Å². The Morgan fingerprint density at radius 2 is 1.84 bits per heavy atom. The first-order chi connectivity index (χ1) is 15.6. The van der Waals surface area contributed by atoms with Gasteiger partial charge in [-0.05, 0) is 49.5 Å². The number of furan rings is 1. The Bertz CT molecular complexity index is 1550. The van der Waals surface area contributed by atoms with Crippen molar-refractivity contribution in [1.29, 1.82) is 0 Å². The van der Waals surface area contributed by atoms with Crippen molar-refractivity contribution in [3.63, 3.8) is 0 Å². The summed E-state index contributed by atoms with van der Waals surface area (Å²) in [6.45, 7) is 2.03. The fourth-order valence-corrected chi connectivity index (χ4v) is 4.02. The van der Waals surface area contributed by atoms with Gasteiger partial charge in [0.1, 0.15) is 17.2 Å². The highest BCUT2D eigenvalue weighted by atomic mass is 32.1. The molecule has 0 unspecified atom stereocenters. The predicted octanol–water partition coefficient (Wildman–Crippen LogP) is 5.69. The van der Waals surface area contributed by atoms with Crippen molar-refractivity contribution in [3.05, 3.63) is 93.7 Å². The zero-order valence-electron chi connectivity index (χ0n) is 17.5. The van der Waals surface area contributed by atoms with Gasteiger partial charge >= 0.3 is 0 Å². The number of methoxy groups -OCH3 is 1. The number of rotatable bonds is 4. The van der Waals surface area contributed by atoms with Crippen LogP contribution in [-0.2, 0) is 0 Å². The van der Waals surface area contributed by atoms with Crippen molar-refractivity contribution in [2.45, 2.75) is 6.92 Å². The summed E-state index contributed by atoms with van der Waals surface area (Å²) in [7, 11) is 1.56. The Kier molecular flexibility index (Phi) is 4.95. The van der Waals surface area contributed by atoms with Crippen LogP contribution in [-0.4, -0.2) is 21.6 Å². The highest BCUT2D eigenvalue weighted by Gasteiger charge is 2.19. The lowest BCUT2D eigenvalue weighted by Gasteiger charge is -2.14. The maximum absolute atomic E-state index is 13.8. The van der Waals surface area contributed by atoms with E-state index in [4.69, 9.17) is 26.4 Å². The summed E-state index contributed by atoms with van der Waals surface area (Å²) in [6.07, 6.45) is 1.58. The van der Waals surface area contributed by atoms with Gasteiger partial charge in [0.05, 0.1) is 30.1 Å². The van der Waals surface area contributed by atoms with Crippen LogP contribution < -0.4 is 10.3 Å². The van der Waals surface area contributed by atoms with Crippen molar-refractivity contribution in [1.82, 2.24) is 14.5 Å². The van der Waals surface area contributed by atoms with Gasteiger partial charge in [0.25, 0.3) is 5.56 Å². The second-order valence-corrected chi connectivity index (χ2v) is 7.75. The molecule has 5 rings (SSSR count). The summed E-state index contributed by atoms with van der Waals surface area (Å²) in [5.74, 6) is 1.11. The van der Waals surface area contributed by atoms with Gasteiger partial charge in [0, 0.05) is 11.1 Å². The number of benzene rings is 2. The van der Waals surface area contributed by atoms with Crippen LogP contribution in [0.4, 0.5) is 0 Å². The lowest BCUT2D eigenvalue weighted by atomic mass is 10.0. The van der Waals surface area contributed by atoms with Crippen molar-refractivity contribution in [3.8, 4) is 34.0 Å². The number of pyridine rings is 1. The molecule has 5 aromatic rings. The number of hydrogen-bond donors (Lipinski definition) is 1. The molecule has 0 atom stereocenters. The standard InChI is InChI=1S/C25H19N3O3S/c1-15-9-11-16(12-10-15)18-14-17(20-8-5-13-31-20)22-23(26-18)27-25(32)28(24(22)29)19-6-3-4-7-21(19)30-2/h3-14H,1-2H3,(H,26,27,32). The molecular weight excluding hydrogens is 422 g/mol. The Morgan fingerprint density at radius 1 is 1.06 bits per heavy atom. The van der Waals surface area contributed by atoms with Crippen LogP contribution in [0.3, 0.4) is 0 Å². The van der Waals surface area contributed by atoms with E-state index in [1.165, 1.54) is 4.57 Å². The number of hydrogen-bond acceptors (Lipinski definition) is 5. The average Bonchev–Trinajstić information content (AvgIpc) is 3.34. The zero-order chi connectivity index (χ0) is 22.2. The molecule has 6 nitrogen and oxygen atoms in total. The molecule has 0 amide bonds. The minimum absolute atomic E-state index is 0.228. The Labute approximate surface area is 188 Å². The first kappa shape index (κ1) is 20.0. The highest BCUT2D eigenvalue weighted by molar-refractivity contribution is 7.71.